The van der Waals surface area contributed by atoms with Crippen molar-refractivity contribution in [1.29, 1.82) is 0 Å². The first-order valence-electron chi connectivity index (χ1n) is 8.46. The highest BCUT2D eigenvalue weighted by atomic mass is 35.5. The molecule has 0 unspecified atom stereocenters. The van der Waals surface area contributed by atoms with Gasteiger partial charge in [0.15, 0.2) is 17.2 Å². The van der Waals surface area contributed by atoms with Crippen LogP contribution in [0.1, 0.15) is 33.6 Å². The SMILES string of the molecule is O=C(NC1CCN(C(=O)c2cccc(Cl)c2)CC1)c1cc(O)c(O)c(O)c1. The molecule has 1 heterocycles. The Balaban J connectivity index is 1.58. The number of carbonyl (C=O) groups is 2. The zero-order valence-electron chi connectivity index (χ0n) is 14.4. The Morgan fingerprint density at radius 1 is 1.00 bits per heavy atom. The topological polar surface area (TPSA) is 110 Å². The number of amides is 2. The maximum absolute atomic E-state index is 12.5. The van der Waals surface area contributed by atoms with E-state index in [1.807, 2.05) is 0 Å². The van der Waals surface area contributed by atoms with E-state index in [-0.39, 0.29) is 17.5 Å². The molecule has 0 aromatic heterocycles. The summed E-state index contributed by atoms with van der Waals surface area (Å²) in [6.07, 6.45) is 1.15. The van der Waals surface area contributed by atoms with Crippen LogP contribution in [-0.4, -0.2) is 51.2 Å². The maximum atomic E-state index is 12.5. The highest BCUT2D eigenvalue weighted by Crippen LogP contribution is 2.35. The molecule has 1 fully saturated rings. The van der Waals surface area contributed by atoms with E-state index in [2.05, 4.69) is 5.32 Å². The van der Waals surface area contributed by atoms with Crippen LogP contribution in [0.4, 0.5) is 0 Å². The first kappa shape index (κ1) is 18.8. The third-order valence-corrected chi connectivity index (χ3v) is 4.76. The maximum Gasteiger partial charge on any atom is 0.253 e. The molecular weight excluding hydrogens is 372 g/mol. The number of nitrogens with zero attached hydrogens (tertiary/aromatic N) is 1. The van der Waals surface area contributed by atoms with Crippen LogP contribution >= 0.6 is 11.6 Å². The molecule has 142 valence electrons. The van der Waals surface area contributed by atoms with E-state index < -0.39 is 23.2 Å². The van der Waals surface area contributed by atoms with E-state index in [4.69, 9.17) is 11.6 Å². The first-order chi connectivity index (χ1) is 12.8. The van der Waals surface area contributed by atoms with Gasteiger partial charge in [-0.15, -0.1) is 0 Å². The minimum atomic E-state index is -0.667. The number of phenolic OH excluding ortho intramolecular Hbond substituents is 3. The van der Waals surface area contributed by atoms with Crippen LogP contribution in [0.25, 0.3) is 0 Å². The van der Waals surface area contributed by atoms with Gasteiger partial charge in [0, 0.05) is 35.3 Å². The molecule has 1 aliphatic rings. The van der Waals surface area contributed by atoms with Gasteiger partial charge in [-0.1, -0.05) is 17.7 Å². The summed E-state index contributed by atoms with van der Waals surface area (Å²) in [5.41, 5.74) is 0.570. The number of piperidine rings is 1. The lowest BCUT2D eigenvalue weighted by atomic mass is 10.0. The lowest BCUT2D eigenvalue weighted by molar-refractivity contribution is 0.0698. The highest BCUT2D eigenvalue weighted by Gasteiger charge is 2.25. The number of nitrogens with one attached hydrogen (secondary N) is 1. The number of likely N-dealkylation sites (tertiary alicyclic amines) is 1. The van der Waals surface area contributed by atoms with Gasteiger partial charge in [0.25, 0.3) is 11.8 Å². The Kier molecular flexibility index (Phi) is 5.41. The minimum absolute atomic E-state index is 0.0419. The largest absolute Gasteiger partial charge is 0.504 e. The van der Waals surface area contributed by atoms with Gasteiger partial charge in [-0.2, -0.15) is 0 Å². The summed E-state index contributed by atoms with van der Waals surface area (Å²) in [7, 11) is 0. The Morgan fingerprint density at radius 3 is 2.22 bits per heavy atom. The summed E-state index contributed by atoms with van der Waals surface area (Å²) in [5, 5.41) is 31.7. The third-order valence-electron chi connectivity index (χ3n) is 4.52. The molecule has 27 heavy (non-hydrogen) atoms. The van der Waals surface area contributed by atoms with Crippen LogP contribution in [0.15, 0.2) is 36.4 Å². The molecule has 2 amide bonds. The van der Waals surface area contributed by atoms with E-state index in [1.54, 1.807) is 29.2 Å². The van der Waals surface area contributed by atoms with Gasteiger partial charge in [0.2, 0.25) is 0 Å². The molecule has 0 radical (unpaired) electrons. The summed E-state index contributed by atoms with van der Waals surface area (Å²) in [4.78, 5) is 26.5. The summed E-state index contributed by atoms with van der Waals surface area (Å²) in [6.45, 7) is 0.977. The Labute approximate surface area is 160 Å². The Hall–Kier alpha value is -2.93. The Bertz CT molecular complexity index is 855. The molecule has 2 aromatic carbocycles. The summed E-state index contributed by atoms with van der Waals surface area (Å²) in [5.74, 6) is -2.38. The van der Waals surface area contributed by atoms with Crippen molar-refractivity contribution in [3.8, 4) is 17.2 Å². The number of halogens is 1. The van der Waals surface area contributed by atoms with E-state index in [1.165, 1.54) is 0 Å². The Morgan fingerprint density at radius 2 is 1.63 bits per heavy atom. The number of hydrogen-bond donors (Lipinski definition) is 4. The fourth-order valence-electron chi connectivity index (χ4n) is 3.04. The van der Waals surface area contributed by atoms with Gasteiger partial charge in [-0.3, -0.25) is 9.59 Å². The molecule has 1 saturated heterocycles. The van der Waals surface area contributed by atoms with Crippen molar-refractivity contribution in [2.45, 2.75) is 18.9 Å². The molecule has 7 nitrogen and oxygen atoms in total. The van der Waals surface area contributed by atoms with E-state index in [9.17, 15) is 24.9 Å². The van der Waals surface area contributed by atoms with E-state index in [0.29, 0.717) is 36.5 Å². The van der Waals surface area contributed by atoms with Crippen LogP contribution in [0.3, 0.4) is 0 Å². The second kappa shape index (κ2) is 7.75. The molecule has 0 aliphatic carbocycles. The molecule has 1 aliphatic heterocycles. The lowest BCUT2D eigenvalue weighted by Gasteiger charge is -2.32. The quantitative estimate of drug-likeness (QED) is 0.602. The fraction of sp³-hybridized carbons (Fsp3) is 0.263. The van der Waals surface area contributed by atoms with Gasteiger partial charge in [-0.25, -0.2) is 0 Å². The van der Waals surface area contributed by atoms with Crippen molar-refractivity contribution in [2.75, 3.05) is 13.1 Å². The van der Waals surface area contributed by atoms with Gasteiger partial charge >= 0.3 is 0 Å². The molecular formula is C19H19ClN2O5. The highest BCUT2D eigenvalue weighted by molar-refractivity contribution is 6.30. The second-order valence-corrected chi connectivity index (χ2v) is 6.85. The van der Waals surface area contributed by atoms with Crippen LogP contribution in [0, 0.1) is 0 Å². The average molecular weight is 391 g/mol. The molecule has 0 spiro atoms. The van der Waals surface area contributed by atoms with Gasteiger partial charge in [0.05, 0.1) is 0 Å². The van der Waals surface area contributed by atoms with Crippen molar-refractivity contribution < 1.29 is 24.9 Å². The average Bonchev–Trinajstić information content (AvgIpc) is 2.65. The van der Waals surface area contributed by atoms with Crippen LogP contribution < -0.4 is 5.32 Å². The van der Waals surface area contributed by atoms with Crippen molar-refractivity contribution in [3.05, 3.63) is 52.5 Å². The monoisotopic (exact) mass is 390 g/mol. The van der Waals surface area contributed by atoms with Gasteiger partial charge in [0.1, 0.15) is 0 Å². The zero-order chi connectivity index (χ0) is 19.6. The standard InChI is InChI=1S/C19H19ClN2O5/c20-13-3-1-2-11(8-13)19(27)22-6-4-14(5-7-22)21-18(26)12-9-15(23)17(25)16(24)10-12/h1-3,8-10,14,23-25H,4-7H2,(H,21,26). The van der Waals surface area contributed by atoms with Crippen LogP contribution in [0.2, 0.25) is 5.02 Å². The van der Waals surface area contributed by atoms with Crippen molar-refractivity contribution in [1.82, 2.24) is 10.2 Å². The molecule has 4 N–H and O–H groups in total. The molecule has 3 rings (SSSR count). The third kappa shape index (κ3) is 4.25. The molecule has 0 bridgehead atoms. The van der Waals surface area contributed by atoms with E-state index >= 15 is 0 Å². The summed E-state index contributed by atoms with van der Waals surface area (Å²) < 4.78 is 0. The molecule has 8 heteroatoms. The summed E-state index contributed by atoms with van der Waals surface area (Å²) >= 11 is 5.93. The van der Waals surface area contributed by atoms with Crippen molar-refractivity contribution in [2.24, 2.45) is 0 Å². The zero-order valence-corrected chi connectivity index (χ0v) is 15.1. The molecule has 2 aromatic rings. The number of benzene rings is 2. The number of aromatic hydroxyl groups is 3. The van der Waals surface area contributed by atoms with Crippen molar-refractivity contribution in [3.63, 3.8) is 0 Å². The molecule has 0 atom stereocenters. The first-order valence-corrected chi connectivity index (χ1v) is 8.83. The predicted molar refractivity (Wildman–Crippen MR) is 99.3 cm³/mol. The second-order valence-electron chi connectivity index (χ2n) is 6.41. The van der Waals surface area contributed by atoms with Gasteiger partial charge in [-0.05, 0) is 43.2 Å². The summed E-state index contributed by atoms with van der Waals surface area (Å²) in [6, 6.07) is 8.81. The number of phenols is 3. The smallest absolute Gasteiger partial charge is 0.253 e. The van der Waals surface area contributed by atoms with Crippen LogP contribution in [0.5, 0.6) is 17.2 Å². The lowest BCUT2D eigenvalue weighted by Crippen LogP contribution is -2.46. The van der Waals surface area contributed by atoms with Gasteiger partial charge < -0.3 is 25.5 Å². The minimum Gasteiger partial charge on any atom is -0.504 e. The van der Waals surface area contributed by atoms with Crippen LogP contribution in [-0.2, 0) is 0 Å². The number of carbonyl (C=O) groups excluding carboxylic acids is 2. The fourth-order valence-corrected chi connectivity index (χ4v) is 3.23. The van der Waals surface area contributed by atoms with Crippen molar-refractivity contribution >= 4 is 23.4 Å². The predicted octanol–water partition coefficient (Wildman–Crippen LogP) is 2.49. The molecule has 0 saturated carbocycles. The normalized spacial score (nSPS) is 14.8. The van der Waals surface area contributed by atoms with E-state index in [0.717, 1.165) is 12.1 Å². The number of hydrogen-bond acceptors (Lipinski definition) is 5. The number of rotatable bonds is 3.